The van der Waals surface area contributed by atoms with Crippen LogP contribution >= 0.6 is 0 Å². The summed E-state index contributed by atoms with van der Waals surface area (Å²) >= 11 is 0. The second kappa shape index (κ2) is 4.33. The van der Waals surface area contributed by atoms with Crippen molar-refractivity contribution in [2.45, 2.75) is 32.2 Å². The first kappa shape index (κ1) is 11.3. The second-order valence-corrected chi connectivity index (χ2v) is 4.63. The highest BCUT2D eigenvalue weighted by Crippen LogP contribution is 2.28. The normalized spacial score (nSPS) is 20.6. The Morgan fingerprint density at radius 3 is 2.81 bits per heavy atom. The predicted octanol–water partition coefficient (Wildman–Crippen LogP) is 1.33. The van der Waals surface area contributed by atoms with Gasteiger partial charge in [0.15, 0.2) is 0 Å². The second-order valence-electron chi connectivity index (χ2n) is 4.63. The highest BCUT2D eigenvalue weighted by atomic mass is 16.5. The summed E-state index contributed by atoms with van der Waals surface area (Å²) < 4.78 is 7.15. The number of ether oxygens (including phenoxy) is 1. The molecule has 1 unspecified atom stereocenters. The van der Waals surface area contributed by atoms with Crippen LogP contribution in [0.2, 0.25) is 0 Å². The molecule has 1 fully saturated rings. The molecule has 1 aromatic rings. The molecule has 5 heteroatoms. The first-order valence-corrected chi connectivity index (χ1v) is 5.76. The van der Waals surface area contributed by atoms with Crippen molar-refractivity contribution in [3.05, 3.63) is 5.69 Å². The highest BCUT2D eigenvalue weighted by Gasteiger charge is 2.21. The lowest BCUT2D eigenvalue weighted by Gasteiger charge is -2.12. The summed E-state index contributed by atoms with van der Waals surface area (Å²) in [5, 5.41) is 7.84. The Bertz CT molecular complexity index is 366. The van der Waals surface area contributed by atoms with Crippen molar-refractivity contribution >= 4 is 11.5 Å². The number of nitrogens with zero attached hydrogens (tertiary/aromatic N) is 2. The van der Waals surface area contributed by atoms with E-state index in [1.165, 1.54) is 0 Å². The maximum absolute atomic E-state index is 6.10. The van der Waals surface area contributed by atoms with Crippen LogP contribution in [-0.4, -0.2) is 29.0 Å². The minimum Gasteiger partial charge on any atom is -0.394 e. The van der Waals surface area contributed by atoms with Crippen molar-refractivity contribution in [3.8, 4) is 0 Å². The van der Waals surface area contributed by atoms with Crippen LogP contribution in [-0.2, 0) is 11.8 Å². The van der Waals surface area contributed by atoms with Gasteiger partial charge in [-0.2, -0.15) is 5.10 Å². The van der Waals surface area contributed by atoms with Gasteiger partial charge < -0.3 is 15.8 Å². The van der Waals surface area contributed by atoms with Gasteiger partial charge in [0, 0.05) is 13.7 Å². The molecule has 3 N–H and O–H groups in total. The van der Waals surface area contributed by atoms with Crippen molar-refractivity contribution < 1.29 is 4.74 Å². The molecule has 1 saturated heterocycles. The van der Waals surface area contributed by atoms with Crippen LogP contribution in [0.1, 0.15) is 31.9 Å². The van der Waals surface area contributed by atoms with E-state index in [2.05, 4.69) is 24.3 Å². The fourth-order valence-corrected chi connectivity index (χ4v) is 2.00. The molecule has 0 radical (unpaired) electrons. The van der Waals surface area contributed by atoms with Gasteiger partial charge in [-0.15, -0.1) is 0 Å². The zero-order valence-electron chi connectivity index (χ0n) is 10.2. The quantitative estimate of drug-likeness (QED) is 0.813. The van der Waals surface area contributed by atoms with E-state index in [4.69, 9.17) is 10.5 Å². The summed E-state index contributed by atoms with van der Waals surface area (Å²) in [6.07, 6.45) is 1.03. The molecule has 2 rings (SSSR count). The average Bonchev–Trinajstić information content (AvgIpc) is 2.81. The van der Waals surface area contributed by atoms with E-state index in [1.807, 2.05) is 11.7 Å². The van der Waals surface area contributed by atoms with E-state index in [0.29, 0.717) is 12.0 Å². The van der Waals surface area contributed by atoms with Gasteiger partial charge in [0.05, 0.1) is 24.0 Å². The van der Waals surface area contributed by atoms with E-state index >= 15 is 0 Å². The summed E-state index contributed by atoms with van der Waals surface area (Å²) in [5.41, 5.74) is 7.83. The lowest BCUT2D eigenvalue weighted by Crippen LogP contribution is -2.21. The van der Waals surface area contributed by atoms with Crippen LogP contribution in [0.15, 0.2) is 0 Å². The Labute approximate surface area is 96.0 Å². The van der Waals surface area contributed by atoms with E-state index in [9.17, 15) is 0 Å². The number of hydrogen-bond acceptors (Lipinski definition) is 4. The van der Waals surface area contributed by atoms with Gasteiger partial charge in [0.1, 0.15) is 5.82 Å². The predicted molar refractivity (Wildman–Crippen MR) is 64.6 cm³/mol. The molecule has 0 bridgehead atoms. The molecule has 1 atom stereocenters. The minimum atomic E-state index is 0.349. The standard InChI is InChI=1S/C11H20N4O/c1-7(2)10-9(12)11(15(3)14-10)13-8-4-5-16-6-8/h7-8,13H,4-6,12H2,1-3H3. The lowest BCUT2D eigenvalue weighted by molar-refractivity contribution is 0.195. The first-order chi connectivity index (χ1) is 7.59. The van der Waals surface area contributed by atoms with Gasteiger partial charge in [-0.1, -0.05) is 13.8 Å². The molecule has 0 spiro atoms. The Balaban J connectivity index is 2.19. The van der Waals surface area contributed by atoms with Crippen molar-refractivity contribution in [3.63, 3.8) is 0 Å². The van der Waals surface area contributed by atoms with Gasteiger partial charge in [0.25, 0.3) is 0 Å². The van der Waals surface area contributed by atoms with Gasteiger partial charge in [0.2, 0.25) is 0 Å². The van der Waals surface area contributed by atoms with Crippen LogP contribution in [0.4, 0.5) is 11.5 Å². The molecule has 0 aliphatic carbocycles. The molecule has 1 aliphatic heterocycles. The molecule has 5 nitrogen and oxygen atoms in total. The molecule has 1 aliphatic rings. The Morgan fingerprint density at radius 1 is 1.56 bits per heavy atom. The lowest BCUT2D eigenvalue weighted by atomic mass is 10.1. The molecule has 2 heterocycles. The van der Waals surface area contributed by atoms with Crippen molar-refractivity contribution in [2.75, 3.05) is 24.3 Å². The summed E-state index contributed by atoms with van der Waals surface area (Å²) in [7, 11) is 1.92. The Hall–Kier alpha value is -1.23. The third kappa shape index (κ3) is 2.00. The van der Waals surface area contributed by atoms with Crippen molar-refractivity contribution in [1.29, 1.82) is 0 Å². The molecule has 0 saturated carbocycles. The van der Waals surface area contributed by atoms with Crippen LogP contribution in [0.5, 0.6) is 0 Å². The molecular weight excluding hydrogens is 204 g/mol. The fourth-order valence-electron chi connectivity index (χ4n) is 2.00. The van der Waals surface area contributed by atoms with E-state index in [0.717, 1.165) is 36.8 Å². The van der Waals surface area contributed by atoms with Gasteiger partial charge in [-0.3, -0.25) is 4.68 Å². The Morgan fingerprint density at radius 2 is 2.31 bits per heavy atom. The third-order valence-electron chi connectivity index (χ3n) is 2.93. The fraction of sp³-hybridized carbons (Fsp3) is 0.727. The molecule has 0 amide bonds. The third-order valence-corrected chi connectivity index (χ3v) is 2.93. The largest absolute Gasteiger partial charge is 0.394 e. The molecule has 90 valence electrons. The van der Waals surface area contributed by atoms with Crippen molar-refractivity contribution in [1.82, 2.24) is 9.78 Å². The monoisotopic (exact) mass is 224 g/mol. The average molecular weight is 224 g/mol. The van der Waals surface area contributed by atoms with Crippen LogP contribution in [0.25, 0.3) is 0 Å². The minimum absolute atomic E-state index is 0.349. The van der Waals surface area contributed by atoms with Gasteiger partial charge >= 0.3 is 0 Å². The number of nitrogens with two attached hydrogens (primary N) is 1. The molecule has 0 aromatic carbocycles. The number of nitrogen functional groups attached to an aromatic ring is 1. The zero-order valence-corrected chi connectivity index (χ0v) is 10.2. The van der Waals surface area contributed by atoms with Gasteiger partial charge in [-0.05, 0) is 12.3 Å². The van der Waals surface area contributed by atoms with E-state index in [-0.39, 0.29) is 0 Å². The maximum atomic E-state index is 6.10. The SMILES string of the molecule is CC(C)c1nn(C)c(NC2CCOC2)c1N. The van der Waals surface area contributed by atoms with Crippen LogP contribution in [0, 0.1) is 0 Å². The number of hydrogen-bond donors (Lipinski definition) is 2. The smallest absolute Gasteiger partial charge is 0.148 e. The number of rotatable bonds is 3. The zero-order chi connectivity index (χ0) is 11.7. The molecule has 16 heavy (non-hydrogen) atoms. The number of aryl methyl sites for hydroxylation is 1. The summed E-state index contributed by atoms with van der Waals surface area (Å²) in [6, 6.07) is 0.359. The number of anilines is 2. The van der Waals surface area contributed by atoms with Crippen LogP contribution < -0.4 is 11.1 Å². The number of nitrogens with one attached hydrogen (secondary N) is 1. The van der Waals surface area contributed by atoms with E-state index in [1.54, 1.807) is 0 Å². The highest BCUT2D eigenvalue weighted by molar-refractivity contribution is 5.66. The molecular formula is C11H20N4O. The maximum Gasteiger partial charge on any atom is 0.148 e. The topological polar surface area (TPSA) is 65.1 Å². The summed E-state index contributed by atoms with van der Waals surface area (Å²) in [5.74, 6) is 1.26. The number of aromatic nitrogens is 2. The van der Waals surface area contributed by atoms with E-state index < -0.39 is 0 Å². The van der Waals surface area contributed by atoms with Crippen LogP contribution in [0.3, 0.4) is 0 Å². The summed E-state index contributed by atoms with van der Waals surface area (Å²) in [6.45, 7) is 5.77. The first-order valence-electron chi connectivity index (χ1n) is 5.76. The van der Waals surface area contributed by atoms with Gasteiger partial charge in [-0.25, -0.2) is 0 Å². The Kier molecular flexibility index (Phi) is 3.05. The summed E-state index contributed by atoms with van der Waals surface area (Å²) in [4.78, 5) is 0. The molecule has 1 aromatic heterocycles. The van der Waals surface area contributed by atoms with Crippen molar-refractivity contribution in [2.24, 2.45) is 7.05 Å².